The third kappa shape index (κ3) is 1.40. The lowest BCUT2D eigenvalue weighted by Gasteiger charge is -2.15. The van der Waals surface area contributed by atoms with Gasteiger partial charge in [0.1, 0.15) is 11.6 Å². The molecule has 0 bridgehead atoms. The van der Waals surface area contributed by atoms with Crippen molar-refractivity contribution in [2.45, 2.75) is 12.8 Å². The SMILES string of the molecule is Fc1ccc(N2CCCC2)nc1. The van der Waals surface area contributed by atoms with Gasteiger partial charge in [-0.1, -0.05) is 0 Å². The highest BCUT2D eigenvalue weighted by Gasteiger charge is 2.12. The van der Waals surface area contributed by atoms with E-state index >= 15 is 0 Å². The third-order valence-electron chi connectivity index (χ3n) is 2.14. The van der Waals surface area contributed by atoms with Gasteiger partial charge in [-0.15, -0.1) is 0 Å². The van der Waals surface area contributed by atoms with Gasteiger partial charge in [0.05, 0.1) is 6.20 Å². The summed E-state index contributed by atoms with van der Waals surface area (Å²) in [7, 11) is 0. The van der Waals surface area contributed by atoms with Crippen LogP contribution in [0.1, 0.15) is 12.8 Å². The Hall–Kier alpha value is -1.12. The monoisotopic (exact) mass is 166 g/mol. The molecule has 0 N–H and O–H groups in total. The van der Waals surface area contributed by atoms with Crippen LogP contribution >= 0.6 is 0 Å². The van der Waals surface area contributed by atoms with Crippen LogP contribution in [0.5, 0.6) is 0 Å². The van der Waals surface area contributed by atoms with Crippen molar-refractivity contribution in [2.75, 3.05) is 18.0 Å². The largest absolute Gasteiger partial charge is 0.357 e. The van der Waals surface area contributed by atoms with Crippen LogP contribution in [0.15, 0.2) is 18.3 Å². The average molecular weight is 166 g/mol. The van der Waals surface area contributed by atoms with Crippen LogP contribution < -0.4 is 4.90 Å². The molecule has 1 saturated heterocycles. The molecule has 2 nitrogen and oxygen atoms in total. The maximum atomic E-state index is 12.5. The molecule has 1 fully saturated rings. The average Bonchev–Trinajstić information content (AvgIpc) is 2.58. The van der Waals surface area contributed by atoms with Crippen molar-refractivity contribution in [3.63, 3.8) is 0 Å². The number of rotatable bonds is 1. The van der Waals surface area contributed by atoms with Gasteiger partial charge in [0, 0.05) is 13.1 Å². The van der Waals surface area contributed by atoms with E-state index in [1.807, 2.05) is 0 Å². The molecule has 0 radical (unpaired) electrons. The van der Waals surface area contributed by atoms with Gasteiger partial charge in [-0.2, -0.15) is 0 Å². The fourth-order valence-corrected chi connectivity index (χ4v) is 1.50. The maximum Gasteiger partial charge on any atom is 0.141 e. The molecule has 0 aliphatic carbocycles. The standard InChI is InChI=1S/C9H11FN2/c10-8-3-4-9(11-7-8)12-5-1-2-6-12/h3-4,7H,1-2,5-6H2. The molecule has 2 rings (SSSR count). The molecule has 64 valence electrons. The normalized spacial score (nSPS) is 16.9. The number of halogens is 1. The van der Waals surface area contributed by atoms with E-state index in [0.29, 0.717) is 0 Å². The molecule has 0 saturated carbocycles. The van der Waals surface area contributed by atoms with Crippen LogP contribution in [0, 0.1) is 5.82 Å². The summed E-state index contributed by atoms with van der Waals surface area (Å²) in [6, 6.07) is 3.20. The Morgan fingerprint density at radius 3 is 2.58 bits per heavy atom. The van der Waals surface area contributed by atoms with Gasteiger partial charge in [-0.25, -0.2) is 9.37 Å². The van der Waals surface area contributed by atoms with Gasteiger partial charge in [0.2, 0.25) is 0 Å². The smallest absolute Gasteiger partial charge is 0.141 e. The molecule has 1 aliphatic heterocycles. The minimum atomic E-state index is -0.266. The highest BCUT2D eigenvalue weighted by molar-refractivity contribution is 5.38. The molecule has 0 atom stereocenters. The van der Waals surface area contributed by atoms with E-state index in [0.717, 1.165) is 18.9 Å². The van der Waals surface area contributed by atoms with Gasteiger partial charge >= 0.3 is 0 Å². The molecule has 1 aromatic rings. The van der Waals surface area contributed by atoms with Crippen molar-refractivity contribution in [3.8, 4) is 0 Å². The molecule has 0 unspecified atom stereocenters. The number of hydrogen-bond donors (Lipinski definition) is 0. The molecule has 0 aromatic carbocycles. The lowest BCUT2D eigenvalue weighted by atomic mass is 10.4. The van der Waals surface area contributed by atoms with E-state index in [1.54, 1.807) is 6.07 Å². The fraction of sp³-hybridized carbons (Fsp3) is 0.444. The zero-order valence-corrected chi connectivity index (χ0v) is 6.83. The van der Waals surface area contributed by atoms with Crippen molar-refractivity contribution in [3.05, 3.63) is 24.1 Å². The summed E-state index contributed by atoms with van der Waals surface area (Å²) in [6.45, 7) is 2.11. The Balaban J connectivity index is 2.17. The summed E-state index contributed by atoms with van der Waals surface area (Å²) in [6.07, 6.45) is 3.71. The van der Waals surface area contributed by atoms with Crippen LogP contribution in [0.4, 0.5) is 10.2 Å². The second kappa shape index (κ2) is 3.09. The van der Waals surface area contributed by atoms with Crippen molar-refractivity contribution in [1.82, 2.24) is 4.98 Å². The van der Waals surface area contributed by atoms with Crippen LogP contribution in [0.2, 0.25) is 0 Å². The predicted molar refractivity (Wildman–Crippen MR) is 45.6 cm³/mol. The van der Waals surface area contributed by atoms with Crippen LogP contribution in [-0.4, -0.2) is 18.1 Å². The first-order valence-electron chi connectivity index (χ1n) is 4.23. The van der Waals surface area contributed by atoms with Crippen LogP contribution in [-0.2, 0) is 0 Å². The third-order valence-corrected chi connectivity index (χ3v) is 2.14. The van der Waals surface area contributed by atoms with Crippen molar-refractivity contribution in [2.24, 2.45) is 0 Å². The first kappa shape index (κ1) is 7.53. The van der Waals surface area contributed by atoms with Gasteiger partial charge in [-0.05, 0) is 25.0 Å². The molecular weight excluding hydrogens is 155 g/mol. The van der Waals surface area contributed by atoms with E-state index in [2.05, 4.69) is 9.88 Å². The summed E-state index contributed by atoms with van der Waals surface area (Å²) in [4.78, 5) is 6.19. The quantitative estimate of drug-likeness (QED) is 0.632. The Morgan fingerprint density at radius 1 is 1.25 bits per heavy atom. The van der Waals surface area contributed by atoms with E-state index in [1.165, 1.54) is 25.1 Å². The maximum absolute atomic E-state index is 12.5. The second-order valence-corrected chi connectivity index (χ2v) is 3.03. The summed E-state index contributed by atoms with van der Waals surface area (Å²) < 4.78 is 12.5. The van der Waals surface area contributed by atoms with Gasteiger partial charge in [0.15, 0.2) is 0 Å². The molecule has 0 amide bonds. The van der Waals surface area contributed by atoms with Crippen molar-refractivity contribution in [1.29, 1.82) is 0 Å². The Morgan fingerprint density at radius 2 is 2.00 bits per heavy atom. The highest BCUT2D eigenvalue weighted by Crippen LogP contribution is 2.16. The van der Waals surface area contributed by atoms with Crippen LogP contribution in [0.3, 0.4) is 0 Å². The first-order chi connectivity index (χ1) is 5.86. The first-order valence-corrected chi connectivity index (χ1v) is 4.23. The summed E-state index contributed by atoms with van der Waals surface area (Å²) >= 11 is 0. The van der Waals surface area contributed by atoms with E-state index in [-0.39, 0.29) is 5.82 Å². The Kier molecular flexibility index (Phi) is 1.94. The van der Waals surface area contributed by atoms with E-state index in [4.69, 9.17) is 0 Å². The zero-order chi connectivity index (χ0) is 8.39. The number of pyridine rings is 1. The topological polar surface area (TPSA) is 16.1 Å². The number of anilines is 1. The van der Waals surface area contributed by atoms with Crippen molar-refractivity contribution >= 4 is 5.82 Å². The number of nitrogens with zero attached hydrogens (tertiary/aromatic N) is 2. The van der Waals surface area contributed by atoms with E-state index in [9.17, 15) is 4.39 Å². The zero-order valence-electron chi connectivity index (χ0n) is 6.83. The Bertz CT molecular complexity index is 252. The molecule has 1 aliphatic rings. The summed E-state index contributed by atoms with van der Waals surface area (Å²) in [5.74, 6) is 0.631. The fourth-order valence-electron chi connectivity index (χ4n) is 1.50. The molecule has 3 heteroatoms. The molecule has 1 aromatic heterocycles. The van der Waals surface area contributed by atoms with Gasteiger partial charge in [-0.3, -0.25) is 0 Å². The van der Waals surface area contributed by atoms with Gasteiger partial charge in [0.25, 0.3) is 0 Å². The second-order valence-electron chi connectivity index (χ2n) is 3.03. The molecule has 2 heterocycles. The highest BCUT2D eigenvalue weighted by atomic mass is 19.1. The Labute approximate surface area is 71.0 Å². The predicted octanol–water partition coefficient (Wildman–Crippen LogP) is 1.82. The van der Waals surface area contributed by atoms with Crippen LogP contribution in [0.25, 0.3) is 0 Å². The lowest BCUT2D eigenvalue weighted by Crippen LogP contribution is -2.18. The molecular formula is C9H11FN2. The van der Waals surface area contributed by atoms with Gasteiger partial charge < -0.3 is 4.90 Å². The summed E-state index contributed by atoms with van der Waals surface area (Å²) in [5.41, 5.74) is 0. The number of aromatic nitrogens is 1. The van der Waals surface area contributed by atoms with Crippen molar-refractivity contribution < 1.29 is 4.39 Å². The minimum absolute atomic E-state index is 0.266. The summed E-state index contributed by atoms with van der Waals surface area (Å²) in [5, 5.41) is 0. The molecule has 12 heavy (non-hydrogen) atoms. The lowest BCUT2D eigenvalue weighted by molar-refractivity contribution is 0.621. The van der Waals surface area contributed by atoms with E-state index < -0.39 is 0 Å². The number of hydrogen-bond acceptors (Lipinski definition) is 2. The molecule has 0 spiro atoms. The minimum Gasteiger partial charge on any atom is -0.357 e.